The number of carbonyl (C=O) groups excluding carboxylic acids is 1. The smallest absolute Gasteiger partial charge is 0.258 e. The summed E-state index contributed by atoms with van der Waals surface area (Å²) in [6.45, 7) is 4.53. The van der Waals surface area contributed by atoms with Gasteiger partial charge in [0, 0.05) is 26.2 Å². The number of likely N-dealkylation sites (tertiary alicyclic amines) is 1. The van der Waals surface area contributed by atoms with Crippen LogP contribution in [0.3, 0.4) is 0 Å². The van der Waals surface area contributed by atoms with E-state index in [-0.39, 0.29) is 23.4 Å². The minimum atomic E-state index is -0.245. The van der Waals surface area contributed by atoms with Gasteiger partial charge in [-0.3, -0.25) is 9.79 Å². The zero-order valence-electron chi connectivity index (χ0n) is 15.5. The number of aliphatic hydroxyl groups excluding tert-OH is 1. The fourth-order valence-corrected chi connectivity index (χ4v) is 3.61. The van der Waals surface area contributed by atoms with Crippen molar-refractivity contribution in [3.8, 4) is 0 Å². The van der Waals surface area contributed by atoms with Gasteiger partial charge in [0.25, 0.3) is 5.91 Å². The molecule has 5 heteroatoms. The van der Waals surface area contributed by atoms with E-state index in [1.165, 1.54) is 12.1 Å². The molecule has 1 heterocycles. The van der Waals surface area contributed by atoms with Gasteiger partial charge < -0.3 is 10.0 Å². The Bertz CT molecular complexity index is 876. The normalized spacial score (nSPS) is 21.9. The summed E-state index contributed by atoms with van der Waals surface area (Å²) in [7, 11) is 3.34. The van der Waals surface area contributed by atoms with Gasteiger partial charge in [0.1, 0.15) is 11.5 Å². The average molecular weight is 354 g/mol. The summed E-state index contributed by atoms with van der Waals surface area (Å²) in [6, 6.07) is 6.49. The number of nitrogens with zero attached hydrogens (tertiary/aromatic N) is 2. The molecule has 0 aromatic heterocycles. The fraction of sp³-hybridized carbons (Fsp3) is 0.333. The predicted molar refractivity (Wildman–Crippen MR) is 101 cm³/mol. The van der Waals surface area contributed by atoms with E-state index in [1.54, 1.807) is 31.1 Å². The molecule has 1 saturated heterocycles. The Balaban J connectivity index is 1.96. The Labute approximate surface area is 153 Å². The van der Waals surface area contributed by atoms with E-state index >= 15 is 0 Å². The fourth-order valence-electron chi connectivity index (χ4n) is 3.61. The average Bonchev–Trinajstić information content (AvgIpc) is 2.90. The molecule has 0 radical (unpaired) electrons. The Morgan fingerprint density at radius 2 is 2.00 bits per heavy atom. The topological polar surface area (TPSA) is 52.9 Å². The summed E-state index contributed by atoms with van der Waals surface area (Å²) in [5, 5.41) is 10.6. The van der Waals surface area contributed by atoms with Crippen LogP contribution in [0.2, 0.25) is 0 Å². The first-order valence-corrected chi connectivity index (χ1v) is 8.66. The van der Waals surface area contributed by atoms with Gasteiger partial charge in [-0.05, 0) is 48.1 Å². The molecule has 1 fully saturated rings. The third-order valence-electron chi connectivity index (χ3n) is 4.98. The first-order chi connectivity index (χ1) is 12.3. The largest absolute Gasteiger partial charge is 0.505 e. The summed E-state index contributed by atoms with van der Waals surface area (Å²) in [5.41, 5.74) is 4.57. The highest BCUT2D eigenvalue weighted by Crippen LogP contribution is 2.37. The lowest BCUT2D eigenvalue weighted by Crippen LogP contribution is -2.22. The maximum absolute atomic E-state index is 13.1. The number of halogens is 1. The van der Waals surface area contributed by atoms with E-state index in [2.05, 4.69) is 18.0 Å². The number of rotatable bonds is 3. The van der Waals surface area contributed by atoms with Crippen LogP contribution in [0.25, 0.3) is 0 Å². The van der Waals surface area contributed by atoms with Crippen molar-refractivity contribution in [3.05, 3.63) is 69.8 Å². The van der Waals surface area contributed by atoms with Gasteiger partial charge in [-0.2, -0.15) is 0 Å². The zero-order valence-corrected chi connectivity index (χ0v) is 15.5. The van der Waals surface area contributed by atoms with Crippen LogP contribution in [-0.2, 0) is 11.2 Å². The summed E-state index contributed by atoms with van der Waals surface area (Å²) in [4.78, 5) is 18.2. The Morgan fingerprint density at radius 3 is 2.62 bits per heavy atom. The van der Waals surface area contributed by atoms with Crippen molar-refractivity contribution in [3.63, 3.8) is 0 Å². The highest BCUT2D eigenvalue weighted by atomic mass is 19.1. The molecule has 1 aromatic rings. The van der Waals surface area contributed by atoms with Crippen LogP contribution in [-0.4, -0.2) is 42.3 Å². The number of allylic oxidation sites excluding steroid dienone is 3. The second-order valence-corrected chi connectivity index (χ2v) is 6.95. The van der Waals surface area contributed by atoms with Gasteiger partial charge in [-0.25, -0.2) is 4.39 Å². The number of benzene rings is 1. The zero-order chi connectivity index (χ0) is 19.0. The second-order valence-electron chi connectivity index (χ2n) is 6.95. The van der Waals surface area contributed by atoms with Gasteiger partial charge in [-0.1, -0.05) is 25.1 Å². The Hall–Kier alpha value is -2.69. The lowest BCUT2D eigenvalue weighted by Gasteiger charge is -2.21. The molecule has 1 aromatic carbocycles. The minimum Gasteiger partial charge on any atom is -0.505 e. The van der Waals surface area contributed by atoms with E-state index in [0.29, 0.717) is 17.8 Å². The van der Waals surface area contributed by atoms with Crippen LogP contribution in [0.1, 0.15) is 19.4 Å². The number of hydrogen-bond acceptors (Lipinski definition) is 3. The lowest BCUT2D eigenvalue weighted by atomic mass is 9.84. The molecule has 1 amide bonds. The quantitative estimate of drug-likeness (QED) is 0.901. The third kappa shape index (κ3) is 3.09. The van der Waals surface area contributed by atoms with Crippen LogP contribution >= 0.6 is 0 Å². The van der Waals surface area contributed by atoms with Crippen molar-refractivity contribution in [1.82, 2.24) is 4.90 Å². The van der Waals surface area contributed by atoms with Crippen molar-refractivity contribution in [2.45, 2.75) is 20.3 Å². The first-order valence-electron chi connectivity index (χ1n) is 8.66. The molecule has 136 valence electrons. The van der Waals surface area contributed by atoms with Crippen LogP contribution in [0.5, 0.6) is 0 Å². The first kappa shape index (κ1) is 18.1. The molecule has 1 aliphatic carbocycles. The second kappa shape index (κ2) is 6.90. The summed E-state index contributed by atoms with van der Waals surface area (Å²) >= 11 is 0. The SMILES string of the molecule is CN=C1C(O)=C2C(=O)N(C)CC2=C(C)/C1=C/C(C)Cc1ccc(F)cc1. The molecule has 4 nitrogen and oxygen atoms in total. The molecule has 0 spiro atoms. The van der Waals surface area contributed by atoms with Crippen LogP contribution in [0.15, 0.2) is 63.4 Å². The number of hydrogen-bond donors (Lipinski definition) is 1. The predicted octanol–water partition coefficient (Wildman–Crippen LogP) is 3.62. The highest BCUT2D eigenvalue weighted by Gasteiger charge is 2.38. The Kier molecular flexibility index (Phi) is 4.81. The van der Waals surface area contributed by atoms with Crippen molar-refractivity contribution >= 4 is 11.6 Å². The number of aliphatic hydroxyl groups is 1. The standard InChI is InChI=1S/C21H23FN2O2/c1-12(9-14-5-7-15(22)8-6-14)10-16-13(2)17-11-24(4)21(26)18(17)20(25)19(16)23-3/h5-8,10,12,25H,9,11H2,1-4H3/b16-10-,23-19?. The molecule has 1 N–H and O–H groups in total. The highest BCUT2D eigenvalue weighted by molar-refractivity contribution is 6.21. The third-order valence-corrected chi connectivity index (χ3v) is 4.98. The van der Waals surface area contributed by atoms with Crippen LogP contribution < -0.4 is 0 Å². The lowest BCUT2D eigenvalue weighted by molar-refractivity contribution is -0.123. The van der Waals surface area contributed by atoms with Gasteiger partial charge in [-0.15, -0.1) is 0 Å². The molecular weight excluding hydrogens is 331 g/mol. The van der Waals surface area contributed by atoms with Gasteiger partial charge in [0.15, 0.2) is 5.76 Å². The minimum absolute atomic E-state index is 0.0392. The number of amides is 1. The molecule has 1 unspecified atom stereocenters. The maximum atomic E-state index is 13.1. The molecule has 26 heavy (non-hydrogen) atoms. The molecular formula is C21H23FN2O2. The van der Waals surface area contributed by atoms with Crippen molar-refractivity contribution in [1.29, 1.82) is 0 Å². The van der Waals surface area contributed by atoms with Gasteiger partial charge >= 0.3 is 0 Å². The van der Waals surface area contributed by atoms with Crippen LogP contribution in [0, 0.1) is 11.7 Å². The van der Waals surface area contributed by atoms with Gasteiger partial charge in [0.05, 0.1) is 5.57 Å². The molecule has 3 rings (SSSR count). The monoisotopic (exact) mass is 354 g/mol. The van der Waals surface area contributed by atoms with Crippen molar-refractivity contribution in [2.24, 2.45) is 10.9 Å². The van der Waals surface area contributed by atoms with E-state index in [4.69, 9.17) is 0 Å². The molecule has 2 aliphatic rings. The van der Waals surface area contributed by atoms with Crippen molar-refractivity contribution < 1.29 is 14.3 Å². The Morgan fingerprint density at radius 1 is 1.35 bits per heavy atom. The van der Waals surface area contributed by atoms with Crippen LogP contribution in [0.4, 0.5) is 4.39 Å². The van der Waals surface area contributed by atoms with E-state index < -0.39 is 0 Å². The maximum Gasteiger partial charge on any atom is 0.258 e. The molecule has 1 aliphatic heterocycles. The summed E-state index contributed by atoms with van der Waals surface area (Å²) in [6.07, 6.45) is 2.82. The molecule has 0 saturated carbocycles. The van der Waals surface area contributed by atoms with Crippen molar-refractivity contribution in [2.75, 3.05) is 20.6 Å². The number of fused-ring (bicyclic) bond motifs is 1. The van der Waals surface area contributed by atoms with Gasteiger partial charge in [0.2, 0.25) is 0 Å². The number of likely N-dealkylation sites (N-methyl/N-ethyl adjacent to an activating group) is 1. The molecule has 0 bridgehead atoms. The molecule has 1 atom stereocenters. The van der Waals surface area contributed by atoms with E-state index in [0.717, 1.165) is 28.7 Å². The summed E-state index contributed by atoms with van der Waals surface area (Å²) < 4.78 is 13.1. The van der Waals surface area contributed by atoms with E-state index in [9.17, 15) is 14.3 Å². The summed E-state index contributed by atoms with van der Waals surface area (Å²) in [5.74, 6) is -0.295. The van der Waals surface area contributed by atoms with E-state index in [1.807, 2.05) is 6.92 Å². The number of aliphatic imine (C=N–C) groups is 1. The number of carbonyl (C=O) groups is 1.